The van der Waals surface area contributed by atoms with E-state index in [1.54, 1.807) is 0 Å². The van der Waals surface area contributed by atoms with Crippen molar-refractivity contribution < 1.29 is 14.3 Å². The first-order valence-corrected chi connectivity index (χ1v) is 9.23. The van der Waals surface area contributed by atoms with Gasteiger partial charge in [0.25, 0.3) is 0 Å². The van der Waals surface area contributed by atoms with E-state index in [0.29, 0.717) is 12.6 Å². The van der Waals surface area contributed by atoms with Crippen LogP contribution in [0.25, 0.3) is 0 Å². The summed E-state index contributed by atoms with van der Waals surface area (Å²) >= 11 is 0. The number of hydrogen-bond donors (Lipinski definition) is 1. The summed E-state index contributed by atoms with van der Waals surface area (Å²) in [6, 6.07) is 8.49. The van der Waals surface area contributed by atoms with Crippen LogP contribution in [-0.2, 0) is 9.47 Å². The van der Waals surface area contributed by atoms with E-state index in [1.165, 1.54) is 5.56 Å². The molecule has 3 rings (SSSR count). The van der Waals surface area contributed by atoms with Crippen LogP contribution in [0.2, 0.25) is 0 Å². The molecule has 0 aliphatic carbocycles. The number of rotatable bonds is 3. The standard InChI is InChI=1S/C19H29N3O3/c1-15-14-22(8-3-11-25-15)19(23)20-18-6-4-17(5-7-18)16(2)21-9-12-24-13-10-21/h4-7,15-16H,3,8-14H2,1-2H3,(H,20,23). The lowest BCUT2D eigenvalue weighted by molar-refractivity contribution is 0.0198. The van der Waals surface area contributed by atoms with E-state index in [2.05, 4.69) is 29.3 Å². The average molecular weight is 347 g/mol. The van der Waals surface area contributed by atoms with Crippen molar-refractivity contribution in [3.8, 4) is 0 Å². The van der Waals surface area contributed by atoms with Gasteiger partial charge < -0.3 is 19.7 Å². The second kappa shape index (κ2) is 8.65. The minimum Gasteiger partial charge on any atom is -0.379 e. The Morgan fingerprint density at radius 1 is 1.16 bits per heavy atom. The molecule has 2 amide bonds. The van der Waals surface area contributed by atoms with Crippen molar-refractivity contribution in [2.75, 3.05) is 51.3 Å². The maximum Gasteiger partial charge on any atom is 0.321 e. The third-order valence-corrected chi connectivity index (χ3v) is 4.98. The first-order chi connectivity index (χ1) is 12.1. The van der Waals surface area contributed by atoms with Crippen molar-refractivity contribution in [3.63, 3.8) is 0 Å². The highest BCUT2D eigenvalue weighted by Gasteiger charge is 2.21. The normalized spacial score (nSPS) is 23.8. The van der Waals surface area contributed by atoms with Gasteiger partial charge in [0.2, 0.25) is 0 Å². The lowest BCUT2D eigenvalue weighted by atomic mass is 10.1. The predicted octanol–water partition coefficient (Wildman–Crippen LogP) is 2.72. The SMILES string of the molecule is CC1CN(C(=O)Nc2ccc(C(C)N3CCOCC3)cc2)CCCO1. The summed E-state index contributed by atoms with van der Waals surface area (Å²) in [6.07, 6.45) is 0.971. The van der Waals surface area contributed by atoms with Gasteiger partial charge in [0.05, 0.1) is 19.3 Å². The van der Waals surface area contributed by atoms with E-state index in [4.69, 9.17) is 9.47 Å². The number of hydrogen-bond acceptors (Lipinski definition) is 4. The number of urea groups is 1. The highest BCUT2D eigenvalue weighted by Crippen LogP contribution is 2.23. The van der Waals surface area contributed by atoms with Crippen LogP contribution >= 0.6 is 0 Å². The fourth-order valence-corrected chi connectivity index (χ4v) is 3.40. The number of amides is 2. The summed E-state index contributed by atoms with van der Waals surface area (Å²) in [5.41, 5.74) is 2.09. The van der Waals surface area contributed by atoms with Crippen LogP contribution in [0.1, 0.15) is 31.9 Å². The van der Waals surface area contributed by atoms with Crippen LogP contribution in [0.4, 0.5) is 10.5 Å². The van der Waals surface area contributed by atoms with Crippen molar-refractivity contribution in [2.45, 2.75) is 32.4 Å². The molecule has 0 bridgehead atoms. The van der Waals surface area contributed by atoms with E-state index < -0.39 is 0 Å². The summed E-state index contributed by atoms with van der Waals surface area (Å²) in [5, 5.41) is 3.00. The molecule has 0 radical (unpaired) electrons. The van der Waals surface area contributed by atoms with Gasteiger partial charge in [-0.1, -0.05) is 12.1 Å². The largest absolute Gasteiger partial charge is 0.379 e. The highest BCUT2D eigenvalue weighted by molar-refractivity contribution is 5.89. The Morgan fingerprint density at radius 3 is 2.60 bits per heavy atom. The number of anilines is 1. The fraction of sp³-hybridized carbons (Fsp3) is 0.632. The molecule has 2 heterocycles. The molecule has 1 aromatic carbocycles. The van der Waals surface area contributed by atoms with E-state index in [-0.39, 0.29) is 12.1 Å². The van der Waals surface area contributed by atoms with Crippen molar-refractivity contribution in [3.05, 3.63) is 29.8 Å². The monoisotopic (exact) mass is 347 g/mol. The minimum atomic E-state index is -0.0497. The molecule has 0 spiro atoms. The Labute approximate surface area is 150 Å². The van der Waals surface area contributed by atoms with Gasteiger partial charge in [0.1, 0.15) is 0 Å². The lowest BCUT2D eigenvalue weighted by Crippen LogP contribution is -2.39. The van der Waals surface area contributed by atoms with E-state index in [9.17, 15) is 4.79 Å². The fourth-order valence-electron chi connectivity index (χ4n) is 3.40. The van der Waals surface area contributed by atoms with Gasteiger partial charge in [0, 0.05) is 44.5 Å². The second-order valence-corrected chi connectivity index (χ2v) is 6.86. The molecule has 138 valence electrons. The third-order valence-electron chi connectivity index (χ3n) is 4.98. The zero-order valence-electron chi connectivity index (χ0n) is 15.2. The molecule has 1 N–H and O–H groups in total. The Morgan fingerprint density at radius 2 is 1.88 bits per heavy atom. The summed E-state index contributed by atoms with van der Waals surface area (Å²) < 4.78 is 11.0. The molecular formula is C19H29N3O3. The van der Waals surface area contributed by atoms with Crippen molar-refractivity contribution in [2.24, 2.45) is 0 Å². The Balaban J connectivity index is 1.57. The maximum absolute atomic E-state index is 12.5. The molecule has 6 heteroatoms. The molecule has 2 unspecified atom stereocenters. The molecule has 2 saturated heterocycles. The average Bonchev–Trinajstić information content (AvgIpc) is 2.87. The Hall–Kier alpha value is -1.63. The third kappa shape index (κ3) is 4.93. The van der Waals surface area contributed by atoms with Gasteiger partial charge in [-0.05, 0) is 38.0 Å². The van der Waals surface area contributed by atoms with Gasteiger partial charge in [-0.2, -0.15) is 0 Å². The van der Waals surface area contributed by atoms with E-state index in [1.807, 2.05) is 24.0 Å². The molecule has 2 fully saturated rings. The number of carbonyl (C=O) groups is 1. The summed E-state index contributed by atoms with van der Waals surface area (Å²) in [7, 11) is 0. The van der Waals surface area contributed by atoms with Gasteiger partial charge in [0.15, 0.2) is 0 Å². The molecule has 0 saturated carbocycles. The topological polar surface area (TPSA) is 54.0 Å². The smallest absolute Gasteiger partial charge is 0.321 e. The van der Waals surface area contributed by atoms with E-state index in [0.717, 1.165) is 51.6 Å². The molecule has 25 heavy (non-hydrogen) atoms. The summed E-state index contributed by atoms with van der Waals surface area (Å²) in [6.45, 7) is 9.86. The molecular weight excluding hydrogens is 318 g/mol. The summed E-state index contributed by atoms with van der Waals surface area (Å²) in [4.78, 5) is 16.7. The molecule has 2 aliphatic heterocycles. The van der Waals surface area contributed by atoms with Crippen LogP contribution in [0.3, 0.4) is 0 Å². The highest BCUT2D eigenvalue weighted by atomic mass is 16.5. The first kappa shape index (κ1) is 18.2. The molecule has 2 atom stereocenters. The Kier molecular flexibility index (Phi) is 6.29. The molecule has 6 nitrogen and oxygen atoms in total. The van der Waals surface area contributed by atoms with Crippen LogP contribution in [-0.4, -0.2) is 67.9 Å². The number of carbonyl (C=O) groups excluding carboxylic acids is 1. The number of morpholine rings is 1. The molecule has 1 aromatic rings. The van der Waals surface area contributed by atoms with Gasteiger partial charge in [-0.15, -0.1) is 0 Å². The zero-order chi connectivity index (χ0) is 17.6. The predicted molar refractivity (Wildman–Crippen MR) is 97.9 cm³/mol. The molecule has 0 aromatic heterocycles. The van der Waals surface area contributed by atoms with E-state index >= 15 is 0 Å². The number of ether oxygens (including phenoxy) is 2. The first-order valence-electron chi connectivity index (χ1n) is 9.23. The number of benzene rings is 1. The van der Waals surface area contributed by atoms with Crippen LogP contribution in [0, 0.1) is 0 Å². The maximum atomic E-state index is 12.5. The second-order valence-electron chi connectivity index (χ2n) is 6.86. The summed E-state index contributed by atoms with van der Waals surface area (Å²) in [5.74, 6) is 0. The van der Waals surface area contributed by atoms with Gasteiger partial charge >= 0.3 is 6.03 Å². The lowest BCUT2D eigenvalue weighted by Gasteiger charge is -2.32. The number of nitrogens with one attached hydrogen (secondary N) is 1. The van der Waals surface area contributed by atoms with Crippen molar-refractivity contribution in [1.82, 2.24) is 9.80 Å². The van der Waals surface area contributed by atoms with Crippen LogP contribution in [0.5, 0.6) is 0 Å². The van der Waals surface area contributed by atoms with Gasteiger partial charge in [-0.25, -0.2) is 4.79 Å². The van der Waals surface area contributed by atoms with Crippen LogP contribution in [0.15, 0.2) is 24.3 Å². The quantitative estimate of drug-likeness (QED) is 0.913. The zero-order valence-corrected chi connectivity index (χ0v) is 15.2. The van der Waals surface area contributed by atoms with Crippen molar-refractivity contribution in [1.29, 1.82) is 0 Å². The number of nitrogens with zero attached hydrogens (tertiary/aromatic N) is 2. The van der Waals surface area contributed by atoms with Gasteiger partial charge in [-0.3, -0.25) is 4.90 Å². The Bertz CT molecular complexity index is 558. The van der Waals surface area contributed by atoms with Crippen LogP contribution < -0.4 is 5.32 Å². The molecule has 2 aliphatic rings. The van der Waals surface area contributed by atoms with Crippen molar-refractivity contribution >= 4 is 11.7 Å². The minimum absolute atomic E-state index is 0.0497.